The highest BCUT2D eigenvalue weighted by atomic mass is 31.2. The number of rotatable bonds is 15. The van der Waals surface area contributed by atoms with Crippen LogP contribution in [-0.4, -0.2) is 41.6 Å². The number of phosphoric acid groups is 1. The zero-order valence-electron chi connectivity index (χ0n) is 31.1. The Balaban J connectivity index is 2.29. The van der Waals surface area contributed by atoms with Gasteiger partial charge in [0.15, 0.2) is 0 Å². The van der Waals surface area contributed by atoms with Crippen LogP contribution in [0.25, 0.3) is 0 Å². The van der Waals surface area contributed by atoms with Crippen molar-refractivity contribution in [1.82, 2.24) is 5.32 Å². The van der Waals surface area contributed by atoms with E-state index in [0.717, 1.165) is 18.2 Å². The summed E-state index contributed by atoms with van der Waals surface area (Å²) in [7, 11) is -4.23. The van der Waals surface area contributed by atoms with Gasteiger partial charge in [0, 0.05) is 0 Å². The topological polar surface area (TPSA) is 92.3 Å². The van der Waals surface area contributed by atoms with Gasteiger partial charge in [0.1, 0.15) is 11.4 Å². The molecule has 0 radical (unpaired) electrons. The highest BCUT2D eigenvalue weighted by Crippen LogP contribution is 2.56. The number of carbonyl (C=O) groups is 1. The minimum atomic E-state index is -4.76. The lowest BCUT2D eigenvalue weighted by Crippen LogP contribution is -2.53. The molecule has 0 spiro atoms. The van der Waals surface area contributed by atoms with Gasteiger partial charge in [-0.05, 0) is 130 Å². The van der Waals surface area contributed by atoms with E-state index in [9.17, 15) is 35.7 Å². The second kappa shape index (κ2) is 16.9. The summed E-state index contributed by atoms with van der Waals surface area (Å²) in [4.78, 5) is 13.0. The number of nitrogens with one attached hydrogen (secondary N) is 1. The third kappa shape index (κ3) is 16.2. The number of aryl methyl sites for hydroxylation is 2. The van der Waals surface area contributed by atoms with Crippen molar-refractivity contribution in [3.63, 3.8) is 0 Å². The maximum absolute atomic E-state index is 14.2. The average Bonchev–Trinajstić information content (AvgIpc) is 2.93. The molecule has 0 saturated heterocycles. The summed E-state index contributed by atoms with van der Waals surface area (Å²) in [6.45, 7) is 16.3. The molecule has 0 aromatic heterocycles. The SMILES string of the molecule is CCC(CCc1ccc(OCCCc2ccc(C(F)(F)F)cc2)c(C(F)(F)F)c1)(COP(=O)(OC(C)(C)C)OC(C)(C)C)NC(=O)OC(C)(C)C. The molecule has 51 heavy (non-hydrogen) atoms. The van der Waals surface area contributed by atoms with E-state index in [-0.39, 0.29) is 44.5 Å². The molecule has 0 fully saturated rings. The van der Waals surface area contributed by atoms with Crippen LogP contribution >= 0.6 is 7.82 Å². The standard InChI is InChI=1S/C36H52F6NO7P/c1-11-34(43-30(44)48-31(2,3)4,24-47-51(45,49-32(5,6)7)50-33(8,9)10)21-20-26-16-19-29(28(23-26)36(40,41)42)46-22-12-13-25-14-17-27(18-15-25)35(37,38)39/h14-19,23H,11-13,20-22,24H2,1-10H3,(H,43,44). The van der Waals surface area contributed by atoms with E-state index in [1.165, 1.54) is 24.3 Å². The lowest BCUT2D eigenvalue weighted by atomic mass is 9.89. The number of carbonyl (C=O) groups excluding carboxylic acids is 1. The number of ether oxygens (including phenoxy) is 2. The van der Waals surface area contributed by atoms with Crippen LogP contribution in [0.5, 0.6) is 5.75 Å². The van der Waals surface area contributed by atoms with Crippen LogP contribution in [0.2, 0.25) is 0 Å². The number of halogens is 6. The molecule has 0 bridgehead atoms. The lowest BCUT2D eigenvalue weighted by Gasteiger charge is -2.37. The molecule has 2 aromatic rings. The third-order valence-corrected chi connectivity index (χ3v) is 9.09. The van der Waals surface area contributed by atoms with Crippen LogP contribution in [0.4, 0.5) is 31.1 Å². The van der Waals surface area contributed by atoms with Gasteiger partial charge in [0.05, 0.1) is 41.1 Å². The summed E-state index contributed by atoms with van der Waals surface area (Å²) in [6, 6.07) is 8.22. The summed E-state index contributed by atoms with van der Waals surface area (Å²) in [6.07, 6.45) is -9.16. The number of hydrogen-bond acceptors (Lipinski definition) is 7. The Hall–Kier alpha value is -2.80. The first-order valence-corrected chi connectivity index (χ1v) is 18.2. The molecule has 2 aromatic carbocycles. The van der Waals surface area contributed by atoms with Crippen molar-refractivity contribution in [3.8, 4) is 5.75 Å². The van der Waals surface area contributed by atoms with Gasteiger partial charge in [-0.2, -0.15) is 26.3 Å². The van der Waals surface area contributed by atoms with Gasteiger partial charge in [-0.3, -0.25) is 13.6 Å². The number of alkyl halides is 6. The molecule has 2 rings (SSSR count). The molecule has 290 valence electrons. The fraction of sp³-hybridized carbons (Fsp3) is 0.639. The van der Waals surface area contributed by atoms with Gasteiger partial charge >= 0.3 is 26.3 Å². The number of phosphoric ester groups is 1. The number of alkyl carbamates (subject to hydrolysis) is 1. The Morgan fingerprint density at radius 1 is 0.745 bits per heavy atom. The van der Waals surface area contributed by atoms with Crippen LogP contribution < -0.4 is 10.1 Å². The molecule has 1 atom stereocenters. The molecule has 15 heteroatoms. The maximum atomic E-state index is 14.2. The molecule has 1 N–H and O–H groups in total. The Morgan fingerprint density at radius 3 is 1.76 bits per heavy atom. The fourth-order valence-electron chi connectivity index (χ4n) is 4.79. The van der Waals surface area contributed by atoms with E-state index < -0.39 is 65.5 Å². The number of benzene rings is 2. The van der Waals surface area contributed by atoms with Crippen molar-refractivity contribution in [2.45, 2.75) is 136 Å². The van der Waals surface area contributed by atoms with Gasteiger partial charge < -0.3 is 14.8 Å². The number of hydrogen-bond donors (Lipinski definition) is 1. The van der Waals surface area contributed by atoms with Crippen molar-refractivity contribution in [3.05, 3.63) is 64.7 Å². The van der Waals surface area contributed by atoms with E-state index in [0.29, 0.717) is 12.0 Å². The highest BCUT2D eigenvalue weighted by Gasteiger charge is 2.42. The molecular weight excluding hydrogens is 703 g/mol. The van der Waals surface area contributed by atoms with Gasteiger partial charge in [-0.25, -0.2) is 9.36 Å². The van der Waals surface area contributed by atoms with Crippen molar-refractivity contribution in [1.29, 1.82) is 0 Å². The van der Waals surface area contributed by atoms with Crippen LogP contribution in [-0.2, 0) is 48.1 Å². The Morgan fingerprint density at radius 2 is 1.29 bits per heavy atom. The van der Waals surface area contributed by atoms with Crippen LogP contribution in [0.3, 0.4) is 0 Å². The molecule has 1 amide bonds. The molecule has 8 nitrogen and oxygen atoms in total. The van der Waals surface area contributed by atoms with E-state index in [1.807, 2.05) is 0 Å². The highest BCUT2D eigenvalue weighted by molar-refractivity contribution is 7.48. The summed E-state index contributed by atoms with van der Waals surface area (Å²) < 4.78 is 123. The minimum Gasteiger partial charge on any atom is -0.493 e. The third-order valence-electron chi connectivity index (χ3n) is 7.10. The average molecular weight is 756 g/mol. The van der Waals surface area contributed by atoms with Crippen molar-refractivity contribution >= 4 is 13.9 Å². The minimum absolute atomic E-state index is 0.0365. The molecule has 0 aliphatic rings. The molecule has 1 unspecified atom stereocenters. The first-order chi connectivity index (χ1) is 23.0. The summed E-state index contributed by atoms with van der Waals surface area (Å²) in [5.41, 5.74) is -4.93. The van der Waals surface area contributed by atoms with Crippen molar-refractivity contribution in [2.24, 2.45) is 0 Å². The van der Waals surface area contributed by atoms with Gasteiger partial charge in [-0.1, -0.05) is 25.1 Å². The summed E-state index contributed by atoms with van der Waals surface area (Å²) in [5.74, 6) is -0.393. The maximum Gasteiger partial charge on any atom is 0.475 e. The molecule has 0 aliphatic carbocycles. The van der Waals surface area contributed by atoms with Gasteiger partial charge in [0.25, 0.3) is 0 Å². The predicted molar refractivity (Wildman–Crippen MR) is 183 cm³/mol. The monoisotopic (exact) mass is 755 g/mol. The van der Waals surface area contributed by atoms with E-state index in [4.69, 9.17) is 23.0 Å². The predicted octanol–water partition coefficient (Wildman–Crippen LogP) is 11.1. The molecular formula is C36H52F6NO7P. The van der Waals surface area contributed by atoms with Crippen LogP contribution in [0.1, 0.15) is 111 Å². The molecule has 0 aliphatic heterocycles. The normalized spacial score (nSPS) is 14.6. The lowest BCUT2D eigenvalue weighted by molar-refractivity contribution is -0.139. The summed E-state index contributed by atoms with van der Waals surface area (Å²) >= 11 is 0. The number of amides is 1. The zero-order chi connectivity index (χ0) is 39.1. The van der Waals surface area contributed by atoms with Gasteiger partial charge in [-0.15, -0.1) is 0 Å². The molecule has 0 heterocycles. The Kier molecular flexibility index (Phi) is 14.7. The quantitative estimate of drug-likeness (QED) is 0.110. The second-order valence-electron chi connectivity index (χ2n) is 15.4. The Labute approximate surface area is 297 Å². The smallest absolute Gasteiger partial charge is 0.475 e. The van der Waals surface area contributed by atoms with Gasteiger partial charge in [0.2, 0.25) is 0 Å². The first kappa shape index (κ1) is 44.4. The zero-order valence-corrected chi connectivity index (χ0v) is 32.0. The van der Waals surface area contributed by atoms with E-state index in [1.54, 1.807) is 69.2 Å². The van der Waals surface area contributed by atoms with E-state index >= 15 is 0 Å². The largest absolute Gasteiger partial charge is 0.493 e. The summed E-state index contributed by atoms with van der Waals surface area (Å²) in [5, 5.41) is 2.80. The van der Waals surface area contributed by atoms with Crippen molar-refractivity contribution in [2.75, 3.05) is 13.2 Å². The van der Waals surface area contributed by atoms with Crippen molar-refractivity contribution < 1.29 is 58.7 Å². The Bertz CT molecular complexity index is 1460. The fourth-order valence-corrected chi connectivity index (χ4v) is 6.67. The second-order valence-corrected chi connectivity index (χ2v) is 16.9. The van der Waals surface area contributed by atoms with Crippen LogP contribution in [0, 0.1) is 0 Å². The van der Waals surface area contributed by atoms with E-state index in [2.05, 4.69) is 5.32 Å². The first-order valence-electron chi connectivity index (χ1n) is 16.7. The molecule has 0 saturated carbocycles. The van der Waals surface area contributed by atoms with Crippen LogP contribution in [0.15, 0.2) is 42.5 Å².